The summed E-state index contributed by atoms with van der Waals surface area (Å²) in [6, 6.07) is 15.9. The summed E-state index contributed by atoms with van der Waals surface area (Å²) in [5.74, 6) is 1.74. The molecule has 7 aromatic heterocycles. The summed E-state index contributed by atoms with van der Waals surface area (Å²) in [6.07, 6.45) is 16.4. The van der Waals surface area contributed by atoms with Crippen LogP contribution in [0.4, 0.5) is 11.6 Å². The van der Waals surface area contributed by atoms with Crippen LogP contribution in [0.2, 0.25) is 0 Å². The molecule has 0 radical (unpaired) electrons. The monoisotopic (exact) mass is 687 g/mol. The Balaban J connectivity index is 0.000000230. The van der Waals surface area contributed by atoms with Crippen LogP contribution >= 0.6 is 15.9 Å². The van der Waals surface area contributed by atoms with Gasteiger partial charge in [0.2, 0.25) is 0 Å². The Bertz CT molecular complexity index is 2090. The quantitative estimate of drug-likeness (QED) is 0.183. The van der Waals surface area contributed by atoms with Crippen molar-refractivity contribution >= 4 is 38.6 Å². The second-order valence-corrected chi connectivity index (χ2v) is 12.3. The first-order chi connectivity index (χ1) is 22.8. The lowest BCUT2D eigenvalue weighted by Gasteiger charge is -2.09. The summed E-state index contributed by atoms with van der Waals surface area (Å²) in [5.41, 5.74) is 9.04. The van der Waals surface area contributed by atoms with Gasteiger partial charge in [0.25, 0.3) is 0 Å². The van der Waals surface area contributed by atoms with E-state index in [4.69, 9.17) is 4.98 Å². The molecule has 0 saturated carbocycles. The molecule has 11 nitrogen and oxygen atoms in total. The predicted octanol–water partition coefficient (Wildman–Crippen LogP) is 6.84. The van der Waals surface area contributed by atoms with Gasteiger partial charge in [0.15, 0.2) is 5.82 Å². The number of aromatic nitrogens is 10. The van der Waals surface area contributed by atoms with Crippen LogP contribution in [0.3, 0.4) is 0 Å². The zero-order valence-corrected chi connectivity index (χ0v) is 28.2. The van der Waals surface area contributed by atoms with Gasteiger partial charge in [-0.3, -0.25) is 24.3 Å². The Labute approximate surface area is 281 Å². The zero-order valence-electron chi connectivity index (χ0n) is 26.6. The summed E-state index contributed by atoms with van der Waals surface area (Å²) in [5, 5.41) is 20.6. The van der Waals surface area contributed by atoms with Gasteiger partial charge < -0.3 is 5.32 Å². The van der Waals surface area contributed by atoms with Crippen molar-refractivity contribution in [3.05, 3.63) is 131 Å². The standard InChI is InChI=1S/C25H24N8.C10H10BrN3/c1-16(2)18-11-25(31-28-14-18)30-24-7-6-21-23(29-24)10-19(13-27-21)20-15-33(3)32-22(20)9-17-5-4-8-26-12-17;1-14-7-9(11)10(13-14)5-8-3-2-4-12-6-8/h4-8,10-16H,9H2,1-3H3,(H,29,30,31);2-4,6-7H,5H2,1H3. The van der Waals surface area contributed by atoms with Crippen molar-refractivity contribution < 1.29 is 0 Å². The molecule has 7 heterocycles. The molecule has 47 heavy (non-hydrogen) atoms. The summed E-state index contributed by atoms with van der Waals surface area (Å²) in [7, 11) is 3.84. The molecule has 0 atom stereocenters. The van der Waals surface area contributed by atoms with Crippen LogP contribution in [-0.4, -0.2) is 49.7 Å². The first-order valence-corrected chi connectivity index (χ1v) is 15.9. The maximum Gasteiger partial charge on any atom is 0.154 e. The van der Waals surface area contributed by atoms with Gasteiger partial charge in [-0.15, -0.1) is 5.10 Å². The molecule has 0 aromatic carbocycles. The Morgan fingerprint density at radius 2 is 1.47 bits per heavy atom. The SMILES string of the molecule is CC(C)c1cnnc(Nc2ccc3ncc(-c4cn(C)nc4Cc4cccnc4)cc3n2)c1.Cn1cc(Br)c(Cc2cccnc2)n1. The molecule has 7 aromatic rings. The maximum absolute atomic E-state index is 4.77. The van der Waals surface area contributed by atoms with Crippen LogP contribution in [0.15, 0.2) is 103 Å². The third-order valence-electron chi connectivity index (χ3n) is 7.40. The van der Waals surface area contributed by atoms with Gasteiger partial charge in [-0.05, 0) is 74.9 Å². The molecule has 0 fully saturated rings. The van der Waals surface area contributed by atoms with Crippen molar-refractivity contribution in [1.82, 2.24) is 49.7 Å². The Kier molecular flexibility index (Phi) is 9.67. The average molecular weight is 689 g/mol. The zero-order chi connectivity index (χ0) is 32.8. The maximum atomic E-state index is 4.77. The van der Waals surface area contributed by atoms with Crippen LogP contribution < -0.4 is 5.32 Å². The third-order valence-corrected chi connectivity index (χ3v) is 8.06. The molecule has 0 unspecified atom stereocenters. The molecule has 236 valence electrons. The number of nitrogens with zero attached hydrogens (tertiary/aromatic N) is 10. The van der Waals surface area contributed by atoms with E-state index in [2.05, 4.69) is 76.5 Å². The van der Waals surface area contributed by atoms with Crippen molar-refractivity contribution in [3.8, 4) is 11.1 Å². The van der Waals surface area contributed by atoms with Gasteiger partial charge in [0.05, 0.1) is 33.1 Å². The van der Waals surface area contributed by atoms with Gasteiger partial charge in [-0.25, -0.2) is 4.98 Å². The van der Waals surface area contributed by atoms with Gasteiger partial charge >= 0.3 is 0 Å². The molecule has 0 aliphatic carbocycles. The molecule has 0 bridgehead atoms. The number of aryl methyl sites for hydroxylation is 2. The van der Waals surface area contributed by atoms with Crippen molar-refractivity contribution in [3.63, 3.8) is 0 Å². The second-order valence-electron chi connectivity index (χ2n) is 11.4. The minimum Gasteiger partial charge on any atom is -0.323 e. The van der Waals surface area contributed by atoms with Crippen LogP contribution in [-0.2, 0) is 26.9 Å². The predicted molar refractivity (Wildman–Crippen MR) is 186 cm³/mol. The number of anilines is 2. The van der Waals surface area contributed by atoms with E-state index in [0.717, 1.165) is 55.6 Å². The highest BCUT2D eigenvalue weighted by atomic mass is 79.9. The van der Waals surface area contributed by atoms with E-state index in [1.807, 2.05) is 92.2 Å². The Hall–Kier alpha value is -5.36. The van der Waals surface area contributed by atoms with Gasteiger partial charge in [0.1, 0.15) is 5.82 Å². The van der Waals surface area contributed by atoms with E-state index >= 15 is 0 Å². The van der Waals surface area contributed by atoms with Gasteiger partial charge in [0, 0.05) is 81.4 Å². The molecular weight excluding hydrogens is 654 g/mol. The van der Waals surface area contributed by atoms with Crippen LogP contribution in [0.5, 0.6) is 0 Å². The molecule has 0 saturated heterocycles. The van der Waals surface area contributed by atoms with E-state index in [9.17, 15) is 0 Å². The normalized spacial score (nSPS) is 11.0. The van der Waals surface area contributed by atoms with Crippen LogP contribution in [0.1, 0.15) is 47.8 Å². The van der Waals surface area contributed by atoms with Gasteiger partial charge in [-0.1, -0.05) is 26.0 Å². The van der Waals surface area contributed by atoms with E-state index < -0.39 is 0 Å². The number of fused-ring (bicyclic) bond motifs is 1. The highest BCUT2D eigenvalue weighted by molar-refractivity contribution is 9.10. The summed E-state index contributed by atoms with van der Waals surface area (Å²) in [4.78, 5) is 17.7. The largest absolute Gasteiger partial charge is 0.323 e. The summed E-state index contributed by atoms with van der Waals surface area (Å²) < 4.78 is 4.68. The summed E-state index contributed by atoms with van der Waals surface area (Å²) in [6.45, 7) is 4.26. The number of rotatable bonds is 8. The van der Waals surface area contributed by atoms with Crippen molar-refractivity contribution in [2.45, 2.75) is 32.6 Å². The topological polar surface area (TPSA) is 125 Å². The van der Waals surface area contributed by atoms with Gasteiger partial charge in [-0.2, -0.15) is 15.3 Å². The average Bonchev–Trinajstić information content (AvgIpc) is 3.60. The second kappa shape index (κ2) is 14.4. The molecule has 7 rings (SSSR count). The highest BCUT2D eigenvalue weighted by Crippen LogP contribution is 2.27. The Morgan fingerprint density at radius 1 is 0.766 bits per heavy atom. The van der Waals surface area contributed by atoms with Crippen LogP contribution in [0, 0.1) is 0 Å². The smallest absolute Gasteiger partial charge is 0.154 e. The number of halogens is 1. The van der Waals surface area contributed by atoms with Crippen molar-refractivity contribution in [1.29, 1.82) is 0 Å². The van der Waals surface area contributed by atoms with Crippen LogP contribution in [0.25, 0.3) is 22.2 Å². The molecule has 12 heteroatoms. The fourth-order valence-corrected chi connectivity index (χ4v) is 5.55. The first kappa shape index (κ1) is 31.6. The fraction of sp³-hybridized carbons (Fsp3) is 0.200. The molecule has 0 aliphatic rings. The van der Waals surface area contributed by atoms with E-state index in [1.54, 1.807) is 23.3 Å². The number of hydrogen-bond acceptors (Lipinski definition) is 9. The van der Waals surface area contributed by atoms with E-state index in [1.165, 1.54) is 5.56 Å². The van der Waals surface area contributed by atoms with E-state index in [-0.39, 0.29) is 0 Å². The fourth-order valence-electron chi connectivity index (χ4n) is 5.04. The molecule has 0 amide bonds. The molecule has 1 N–H and O–H groups in total. The first-order valence-electron chi connectivity index (χ1n) is 15.2. The third kappa shape index (κ3) is 8.08. The number of pyridine rings is 4. The van der Waals surface area contributed by atoms with Crippen molar-refractivity contribution in [2.24, 2.45) is 14.1 Å². The number of hydrogen-bond donors (Lipinski definition) is 1. The summed E-state index contributed by atoms with van der Waals surface area (Å²) >= 11 is 3.47. The van der Waals surface area contributed by atoms with Crippen molar-refractivity contribution in [2.75, 3.05) is 5.32 Å². The lowest BCUT2D eigenvalue weighted by molar-refractivity contribution is 0.749. The molecule has 0 aliphatic heterocycles. The Morgan fingerprint density at radius 3 is 2.13 bits per heavy atom. The lowest BCUT2D eigenvalue weighted by Crippen LogP contribution is -2.00. The highest BCUT2D eigenvalue weighted by Gasteiger charge is 2.13. The van der Waals surface area contributed by atoms with E-state index in [0.29, 0.717) is 24.0 Å². The lowest BCUT2D eigenvalue weighted by atomic mass is 10.0. The number of nitrogens with one attached hydrogen (secondary N) is 1. The molecular formula is C35H34BrN11. The molecule has 0 spiro atoms. The minimum absolute atomic E-state index is 0.373. The minimum atomic E-state index is 0.373.